The molecule has 1 aromatic heterocycles. The molecule has 1 saturated heterocycles. The number of carbonyl (C=O) groups is 1. The van der Waals surface area contributed by atoms with E-state index in [0.717, 1.165) is 12.1 Å². The van der Waals surface area contributed by atoms with Gasteiger partial charge in [-0.1, -0.05) is 0 Å². The fraction of sp³-hybridized carbons (Fsp3) is 0.412. The van der Waals surface area contributed by atoms with Crippen LogP contribution in [0.3, 0.4) is 0 Å². The first-order valence-electron chi connectivity index (χ1n) is 8.03. The van der Waals surface area contributed by atoms with Crippen molar-refractivity contribution in [3.8, 4) is 0 Å². The van der Waals surface area contributed by atoms with E-state index in [-0.39, 0.29) is 34.9 Å². The molecule has 1 aromatic carbocycles. The number of pyridine rings is 1. The van der Waals surface area contributed by atoms with Crippen LogP contribution < -0.4 is 11.2 Å². The van der Waals surface area contributed by atoms with Gasteiger partial charge in [0.15, 0.2) is 11.6 Å². The van der Waals surface area contributed by atoms with Gasteiger partial charge in [-0.3, -0.25) is 4.79 Å². The highest BCUT2D eigenvalue weighted by Crippen LogP contribution is 2.30. The van der Waals surface area contributed by atoms with Crippen molar-refractivity contribution in [3.63, 3.8) is 0 Å². The van der Waals surface area contributed by atoms with Crippen molar-refractivity contribution < 1.29 is 23.0 Å². The molecule has 6 nitrogen and oxygen atoms in total. The van der Waals surface area contributed by atoms with E-state index in [4.69, 9.17) is 15.2 Å². The molecule has 2 aromatic rings. The Kier molecular flexibility index (Phi) is 4.71. The van der Waals surface area contributed by atoms with Gasteiger partial charge in [0.2, 0.25) is 5.43 Å². The molecular formula is C17H18F2N2O4. The monoisotopic (exact) mass is 352 g/mol. The van der Waals surface area contributed by atoms with Crippen LogP contribution >= 0.6 is 0 Å². The first-order valence-corrected chi connectivity index (χ1v) is 8.03. The van der Waals surface area contributed by atoms with Gasteiger partial charge < -0.3 is 19.8 Å². The van der Waals surface area contributed by atoms with Crippen molar-refractivity contribution in [3.05, 3.63) is 39.6 Å². The van der Waals surface area contributed by atoms with Gasteiger partial charge in [0.1, 0.15) is 11.4 Å². The molecule has 0 atom stereocenters. The molecule has 0 spiro atoms. The van der Waals surface area contributed by atoms with E-state index in [0.29, 0.717) is 26.1 Å². The maximum Gasteiger partial charge on any atom is 0.345 e. The lowest BCUT2D eigenvalue weighted by atomic mass is 10.0. The van der Waals surface area contributed by atoms with Crippen LogP contribution in [0.25, 0.3) is 10.9 Å². The van der Waals surface area contributed by atoms with Crippen LogP contribution in [0, 0.1) is 11.6 Å². The average Bonchev–Trinajstić information content (AvgIpc) is 2.58. The molecule has 25 heavy (non-hydrogen) atoms. The van der Waals surface area contributed by atoms with Crippen molar-refractivity contribution in [1.82, 2.24) is 4.57 Å². The van der Waals surface area contributed by atoms with Gasteiger partial charge in [-0.2, -0.15) is 0 Å². The van der Waals surface area contributed by atoms with Crippen LogP contribution in [0.2, 0.25) is 0 Å². The minimum atomic E-state index is -1.16. The number of ether oxygens (including phenoxy) is 2. The summed E-state index contributed by atoms with van der Waals surface area (Å²) in [5, 5.41) is -0.109. The van der Waals surface area contributed by atoms with E-state index < -0.39 is 23.0 Å². The minimum absolute atomic E-state index is 0.0603. The SMILES string of the molecule is CCOC(=O)c1c(N)n(C2CCOCC2)c2cc(F)c(F)cc2c1=O. The van der Waals surface area contributed by atoms with Crippen LogP contribution in [0.5, 0.6) is 0 Å². The Morgan fingerprint density at radius 1 is 1.32 bits per heavy atom. The second-order valence-electron chi connectivity index (χ2n) is 5.81. The number of hydrogen-bond acceptors (Lipinski definition) is 5. The summed E-state index contributed by atoms with van der Waals surface area (Å²) < 4.78 is 39.2. The number of benzene rings is 1. The number of hydrogen-bond donors (Lipinski definition) is 1. The number of rotatable bonds is 3. The summed E-state index contributed by atoms with van der Waals surface area (Å²) in [6, 6.07) is 1.53. The van der Waals surface area contributed by atoms with Gasteiger partial charge >= 0.3 is 5.97 Å². The predicted molar refractivity (Wildman–Crippen MR) is 87.6 cm³/mol. The standard InChI is InChI=1S/C17H18F2N2O4/c1-2-25-17(23)14-15(22)10-7-11(18)12(19)8-13(10)21(16(14)20)9-3-5-24-6-4-9/h7-9H,2-6,20H2,1H3. The number of nitrogens with zero attached hydrogens (tertiary/aromatic N) is 1. The first kappa shape index (κ1) is 17.3. The number of carbonyl (C=O) groups excluding carboxylic acids is 1. The third kappa shape index (κ3) is 2.97. The Balaban J connectivity index is 2.35. The summed E-state index contributed by atoms with van der Waals surface area (Å²) in [4.78, 5) is 24.9. The highest BCUT2D eigenvalue weighted by molar-refractivity contribution is 5.99. The number of esters is 1. The first-order chi connectivity index (χ1) is 12.0. The highest BCUT2D eigenvalue weighted by Gasteiger charge is 2.27. The van der Waals surface area contributed by atoms with Crippen molar-refractivity contribution >= 4 is 22.7 Å². The van der Waals surface area contributed by atoms with E-state index in [1.807, 2.05) is 0 Å². The fourth-order valence-electron chi connectivity index (χ4n) is 3.16. The number of nitrogen functional groups attached to an aromatic ring is 1. The Morgan fingerprint density at radius 3 is 2.60 bits per heavy atom. The van der Waals surface area contributed by atoms with E-state index in [2.05, 4.69) is 0 Å². The van der Waals surface area contributed by atoms with Gasteiger partial charge in [-0.15, -0.1) is 0 Å². The van der Waals surface area contributed by atoms with Gasteiger partial charge in [0.25, 0.3) is 0 Å². The van der Waals surface area contributed by atoms with E-state index in [1.54, 1.807) is 6.92 Å². The van der Waals surface area contributed by atoms with Crippen LogP contribution in [0.1, 0.15) is 36.2 Å². The number of fused-ring (bicyclic) bond motifs is 1. The second kappa shape index (κ2) is 6.79. The summed E-state index contributed by atoms with van der Waals surface area (Å²) in [6.07, 6.45) is 1.15. The zero-order valence-corrected chi connectivity index (χ0v) is 13.7. The topological polar surface area (TPSA) is 83.6 Å². The van der Waals surface area contributed by atoms with E-state index in [9.17, 15) is 18.4 Å². The van der Waals surface area contributed by atoms with Crippen LogP contribution in [0.15, 0.2) is 16.9 Å². The van der Waals surface area contributed by atoms with Crippen LogP contribution in [-0.2, 0) is 9.47 Å². The molecule has 0 bridgehead atoms. The third-order valence-corrected chi connectivity index (χ3v) is 4.32. The number of halogens is 2. The van der Waals surface area contributed by atoms with Crippen LogP contribution in [-0.4, -0.2) is 30.4 Å². The third-order valence-electron chi connectivity index (χ3n) is 4.32. The lowest BCUT2D eigenvalue weighted by Crippen LogP contribution is -2.29. The molecule has 0 amide bonds. The summed E-state index contributed by atoms with van der Waals surface area (Å²) >= 11 is 0. The smallest absolute Gasteiger partial charge is 0.345 e. The summed E-state index contributed by atoms with van der Waals surface area (Å²) in [7, 11) is 0. The Hall–Kier alpha value is -2.48. The minimum Gasteiger partial charge on any atom is -0.462 e. The zero-order valence-electron chi connectivity index (χ0n) is 13.7. The van der Waals surface area contributed by atoms with Crippen molar-refractivity contribution in [2.45, 2.75) is 25.8 Å². The number of anilines is 1. The molecule has 134 valence electrons. The largest absolute Gasteiger partial charge is 0.462 e. The van der Waals surface area contributed by atoms with Crippen molar-refractivity contribution in [2.24, 2.45) is 0 Å². The molecular weight excluding hydrogens is 334 g/mol. The maximum atomic E-state index is 13.8. The van der Waals surface area contributed by atoms with E-state index in [1.165, 1.54) is 4.57 Å². The van der Waals surface area contributed by atoms with Gasteiger partial charge in [0, 0.05) is 30.7 Å². The van der Waals surface area contributed by atoms with Crippen molar-refractivity contribution in [1.29, 1.82) is 0 Å². The van der Waals surface area contributed by atoms with Crippen molar-refractivity contribution in [2.75, 3.05) is 25.6 Å². The number of nitrogens with two attached hydrogens (primary N) is 1. The van der Waals surface area contributed by atoms with Gasteiger partial charge in [0.05, 0.1) is 12.1 Å². The predicted octanol–water partition coefficient (Wildman–Crippen LogP) is 2.39. The molecule has 0 radical (unpaired) electrons. The number of aromatic nitrogens is 1. The molecule has 0 unspecified atom stereocenters. The molecule has 0 saturated carbocycles. The average molecular weight is 352 g/mol. The molecule has 8 heteroatoms. The van der Waals surface area contributed by atoms with Crippen LogP contribution in [0.4, 0.5) is 14.6 Å². The molecule has 1 fully saturated rings. The van der Waals surface area contributed by atoms with Gasteiger partial charge in [-0.05, 0) is 25.8 Å². The molecule has 3 rings (SSSR count). The second-order valence-corrected chi connectivity index (χ2v) is 5.81. The summed E-state index contributed by atoms with van der Waals surface area (Å²) in [5.74, 6) is -3.23. The highest BCUT2D eigenvalue weighted by atomic mass is 19.2. The van der Waals surface area contributed by atoms with Gasteiger partial charge in [-0.25, -0.2) is 13.6 Å². The Labute approximate surface area is 142 Å². The fourth-order valence-corrected chi connectivity index (χ4v) is 3.16. The normalized spacial score (nSPS) is 15.5. The quantitative estimate of drug-likeness (QED) is 0.858. The Morgan fingerprint density at radius 2 is 1.96 bits per heavy atom. The molecule has 2 N–H and O–H groups in total. The van der Waals surface area contributed by atoms with E-state index >= 15 is 0 Å². The summed E-state index contributed by atoms with van der Waals surface area (Å²) in [6.45, 7) is 2.60. The zero-order chi connectivity index (χ0) is 18.1. The molecule has 0 aliphatic carbocycles. The Bertz CT molecular complexity index is 889. The summed E-state index contributed by atoms with van der Waals surface area (Å²) in [5.41, 5.74) is 5.13. The molecule has 1 aliphatic rings. The molecule has 1 aliphatic heterocycles. The molecule has 2 heterocycles. The lowest BCUT2D eigenvalue weighted by Gasteiger charge is -2.28. The lowest BCUT2D eigenvalue weighted by molar-refractivity contribution is 0.0524. The maximum absolute atomic E-state index is 13.8.